The molecule has 0 fully saturated rings. The van der Waals surface area contributed by atoms with Gasteiger partial charge in [0, 0.05) is 18.2 Å². The Morgan fingerprint density at radius 1 is 1.60 bits per heavy atom. The number of benzene rings is 1. The van der Waals surface area contributed by atoms with E-state index in [0.717, 1.165) is 18.5 Å². The van der Waals surface area contributed by atoms with Gasteiger partial charge in [0.05, 0.1) is 0 Å². The van der Waals surface area contributed by atoms with Crippen molar-refractivity contribution in [2.24, 2.45) is 5.73 Å². The van der Waals surface area contributed by atoms with Crippen LogP contribution in [0.25, 0.3) is 0 Å². The summed E-state index contributed by atoms with van der Waals surface area (Å²) < 4.78 is 0. The van der Waals surface area contributed by atoms with Crippen molar-refractivity contribution in [3.63, 3.8) is 0 Å². The summed E-state index contributed by atoms with van der Waals surface area (Å²) in [7, 11) is 0. The van der Waals surface area contributed by atoms with Crippen LogP contribution in [0.3, 0.4) is 0 Å². The lowest BCUT2D eigenvalue weighted by Gasteiger charge is -2.10. The highest BCUT2D eigenvalue weighted by Crippen LogP contribution is 2.34. The Morgan fingerprint density at radius 3 is 3.13 bits per heavy atom. The molecule has 1 aromatic rings. The fourth-order valence-electron chi connectivity index (χ4n) is 2.04. The highest BCUT2D eigenvalue weighted by molar-refractivity contribution is 5.91. The van der Waals surface area contributed by atoms with Crippen LogP contribution in [0.5, 0.6) is 0 Å². The van der Waals surface area contributed by atoms with Gasteiger partial charge in [-0.2, -0.15) is 0 Å². The molecule has 3 heteroatoms. The lowest BCUT2D eigenvalue weighted by atomic mass is 10.1. The topological polar surface area (TPSA) is 55.1 Å². The number of nitrogens with one attached hydrogen (secondary N) is 1. The van der Waals surface area contributed by atoms with E-state index in [4.69, 9.17) is 5.73 Å². The summed E-state index contributed by atoms with van der Waals surface area (Å²) in [5.41, 5.74) is 9.30. The van der Waals surface area contributed by atoms with E-state index in [1.807, 2.05) is 19.1 Å². The Morgan fingerprint density at radius 2 is 2.40 bits per heavy atom. The van der Waals surface area contributed by atoms with Gasteiger partial charge in [-0.1, -0.05) is 19.1 Å². The summed E-state index contributed by atoms with van der Waals surface area (Å²) in [5, 5.41) is 2.92. The van der Waals surface area contributed by atoms with E-state index in [2.05, 4.69) is 11.4 Å². The van der Waals surface area contributed by atoms with Crippen LogP contribution in [0.4, 0.5) is 5.69 Å². The number of hydrogen-bond acceptors (Lipinski definition) is 2. The molecule has 80 valence electrons. The summed E-state index contributed by atoms with van der Waals surface area (Å²) in [5.74, 6) is 0.0591. The molecule has 1 aliphatic rings. The Labute approximate surface area is 89.7 Å². The van der Waals surface area contributed by atoms with Gasteiger partial charge in [0.1, 0.15) is 0 Å². The van der Waals surface area contributed by atoms with Crippen LogP contribution in [0.15, 0.2) is 18.2 Å². The number of carbonyl (C=O) groups excluding carboxylic acids is 1. The average molecular weight is 204 g/mol. The average Bonchev–Trinajstić information content (AvgIpc) is 2.62. The molecule has 0 radical (unpaired) electrons. The van der Waals surface area contributed by atoms with E-state index < -0.39 is 0 Å². The van der Waals surface area contributed by atoms with Gasteiger partial charge in [-0.3, -0.25) is 4.79 Å². The number of rotatable bonds is 2. The van der Waals surface area contributed by atoms with Crippen LogP contribution in [0, 0.1) is 0 Å². The number of fused-ring (bicyclic) bond motifs is 1. The van der Waals surface area contributed by atoms with E-state index in [1.165, 1.54) is 11.1 Å². The van der Waals surface area contributed by atoms with Gasteiger partial charge >= 0.3 is 0 Å². The van der Waals surface area contributed by atoms with Crippen molar-refractivity contribution in [1.82, 2.24) is 0 Å². The quantitative estimate of drug-likeness (QED) is 0.774. The van der Waals surface area contributed by atoms with E-state index in [0.29, 0.717) is 6.42 Å². The minimum Gasteiger partial charge on any atom is -0.326 e. The summed E-state index contributed by atoms with van der Waals surface area (Å²) in [6, 6.07) is 6.09. The van der Waals surface area contributed by atoms with Gasteiger partial charge in [-0.05, 0) is 30.0 Å². The zero-order valence-corrected chi connectivity index (χ0v) is 8.92. The van der Waals surface area contributed by atoms with E-state index >= 15 is 0 Å². The molecule has 0 spiro atoms. The second kappa shape index (κ2) is 4.03. The Bertz CT molecular complexity index is 387. The molecule has 0 saturated heterocycles. The molecule has 1 unspecified atom stereocenters. The zero-order valence-electron chi connectivity index (χ0n) is 8.92. The van der Waals surface area contributed by atoms with Crippen molar-refractivity contribution in [1.29, 1.82) is 0 Å². The SMILES string of the molecule is CCC(=O)Nc1cccc2c1CCC2N. The van der Waals surface area contributed by atoms with Crippen molar-refractivity contribution in [2.45, 2.75) is 32.2 Å². The van der Waals surface area contributed by atoms with Gasteiger partial charge in [-0.15, -0.1) is 0 Å². The number of nitrogens with two attached hydrogens (primary N) is 1. The minimum absolute atomic E-state index is 0.0591. The minimum atomic E-state index is 0.0591. The maximum absolute atomic E-state index is 11.3. The third kappa shape index (κ3) is 1.88. The van der Waals surface area contributed by atoms with Crippen LogP contribution in [-0.4, -0.2) is 5.91 Å². The van der Waals surface area contributed by atoms with Crippen molar-refractivity contribution >= 4 is 11.6 Å². The van der Waals surface area contributed by atoms with Crippen LogP contribution < -0.4 is 11.1 Å². The highest BCUT2D eigenvalue weighted by Gasteiger charge is 2.21. The molecule has 0 aromatic heterocycles. The normalized spacial score (nSPS) is 18.7. The predicted molar refractivity (Wildman–Crippen MR) is 60.6 cm³/mol. The van der Waals surface area contributed by atoms with E-state index in [-0.39, 0.29) is 11.9 Å². The Hall–Kier alpha value is -1.35. The van der Waals surface area contributed by atoms with Crippen molar-refractivity contribution in [3.05, 3.63) is 29.3 Å². The van der Waals surface area contributed by atoms with Gasteiger partial charge in [-0.25, -0.2) is 0 Å². The smallest absolute Gasteiger partial charge is 0.224 e. The molecule has 1 amide bonds. The van der Waals surface area contributed by atoms with Crippen LogP contribution in [0.1, 0.15) is 36.9 Å². The Kier molecular flexibility index (Phi) is 2.73. The molecule has 2 rings (SSSR count). The van der Waals surface area contributed by atoms with Gasteiger partial charge in [0.2, 0.25) is 5.91 Å². The fourth-order valence-corrected chi connectivity index (χ4v) is 2.04. The number of hydrogen-bond donors (Lipinski definition) is 2. The number of carbonyl (C=O) groups is 1. The summed E-state index contributed by atoms with van der Waals surface area (Å²) in [6.45, 7) is 1.85. The molecule has 1 atom stereocenters. The van der Waals surface area contributed by atoms with E-state index in [9.17, 15) is 4.79 Å². The third-order valence-corrected chi connectivity index (χ3v) is 2.91. The summed E-state index contributed by atoms with van der Waals surface area (Å²) in [6.07, 6.45) is 2.46. The van der Waals surface area contributed by atoms with E-state index in [1.54, 1.807) is 0 Å². The number of anilines is 1. The van der Waals surface area contributed by atoms with Crippen molar-refractivity contribution in [2.75, 3.05) is 5.32 Å². The lowest BCUT2D eigenvalue weighted by Crippen LogP contribution is -2.11. The molecule has 3 nitrogen and oxygen atoms in total. The van der Waals surface area contributed by atoms with Crippen LogP contribution >= 0.6 is 0 Å². The van der Waals surface area contributed by atoms with Crippen LogP contribution in [-0.2, 0) is 11.2 Å². The molecule has 3 N–H and O–H groups in total. The van der Waals surface area contributed by atoms with Crippen molar-refractivity contribution < 1.29 is 4.79 Å². The predicted octanol–water partition coefficient (Wildman–Crippen LogP) is 1.98. The molecule has 1 aromatic carbocycles. The molecular weight excluding hydrogens is 188 g/mol. The first-order chi connectivity index (χ1) is 7.22. The fraction of sp³-hybridized carbons (Fsp3) is 0.417. The van der Waals surface area contributed by atoms with Gasteiger partial charge in [0.15, 0.2) is 0 Å². The zero-order chi connectivity index (χ0) is 10.8. The molecule has 15 heavy (non-hydrogen) atoms. The molecule has 0 heterocycles. The standard InChI is InChI=1S/C12H16N2O/c1-2-12(15)14-11-5-3-4-8-9(11)6-7-10(8)13/h3-5,10H,2,6-7,13H2,1H3,(H,14,15). The first-order valence-corrected chi connectivity index (χ1v) is 5.39. The molecular formula is C12H16N2O. The van der Waals surface area contributed by atoms with Crippen molar-refractivity contribution in [3.8, 4) is 0 Å². The number of amides is 1. The third-order valence-electron chi connectivity index (χ3n) is 2.91. The van der Waals surface area contributed by atoms with Crippen LogP contribution in [0.2, 0.25) is 0 Å². The lowest BCUT2D eigenvalue weighted by molar-refractivity contribution is -0.115. The largest absolute Gasteiger partial charge is 0.326 e. The molecule has 1 aliphatic carbocycles. The first kappa shape index (κ1) is 10.2. The monoisotopic (exact) mass is 204 g/mol. The van der Waals surface area contributed by atoms with Gasteiger partial charge in [0.25, 0.3) is 0 Å². The summed E-state index contributed by atoms with van der Waals surface area (Å²) in [4.78, 5) is 11.3. The molecule has 0 bridgehead atoms. The second-order valence-electron chi connectivity index (χ2n) is 3.92. The van der Waals surface area contributed by atoms with Gasteiger partial charge < -0.3 is 11.1 Å². The first-order valence-electron chi connectivity index (χ1n) is 5.39. The maximum Gasteiger partial charge on any atom is 0.224 e. The maximum atomic E-state index is 11.3. The molecule has 0 aliphatic heterocycles. The Balaban J connectivity index is 2.30. The second-order valence-corrected chi connectivity index (χ2v) is 3.92. The summed E-state index contributed by atoms with van der Waals surface area (Å²) >= 11 is 0. The molecule has 0 saturated carbocycles. The highest BCUT2D eigenvalue weighted by atomic mass is 16.1.